The molecule has 0 spiro atoms. The van der Waals surface area contributed by atoms with E-state index in [-0.39, 0.29) is 4.90 Å². The van der Waals surface area contributed by atoms with Gasteiger partial charge in [0.2, 0.25) is 0 Å². The number of benzene rings is 2. The van der Waals surface area contributed by atoms with Gasteiger partial charge in [0.05, 0.1) is 4.90 Å². The Morgan fingerprint density at radius 2 is 1.70 bits per heavy atom. The first kappa shape index (κ1) is 22.1. The fourth-order valence-corrected chi connectivity index (χ4v) is 4.30. The fraction of sp³-hybridized carbons (Fsp3) is 0.346. The minimum atomic E-state index is -0.721. The maximum absolute atomic E-state index is 14.1. The summed E-state index contributed by atoms with van der Waals surface area (Å²) in [7, 11) is 0. The highest BCUT2D eigenvalue weighted by atomic mass is 32.2. The molecule has 0 heterocycles. The van der Waals surface area contributed by atoms with E-state index in [9.17, 15) is 8.78 Å². The van der Waals surface area contributed by atoms with Gasteiger partial charge in [-0.2, -0.15) is 5.26 Å². The molecular weight excluding hydrogens is 396 g/mol. The summed E-state index contributed by atoms with van der Waals surface area (Å²) in [5.74, 6) is 6.51. The summed E-state index contributed by atoms with van der Waals surface area (Å²) in [6, 6.07) is 9.95. The molecule has 1 aliphatic rings. The van der Waals surface area contributed by atoms with Crippen molar-refractivity contribution in [1.82, 2.24) is 0 Å². The number of thiocyanates is 1. The summed E-state index contributed by atoms with van der Waals surface area (Å²) in [6.07, 6.45) is 11.7. The molecule has 30 heavy (non-hydrogen) atoms. The van der Waals surface area contributed by atoms with Crippen molar-refractivity contribution in [1.29, 1.82) is 5.26 Å². The van der Waals surface area contributed by atoms with Crippen LogP contribution in [0.25, 0.3) is 11.1 Å². The Bertz CT molecular complexity index is 961. The van der Waals surface area contributed by atoms with E-state index in [4.69, 9.17) is 5.26 Å². The van der Waals surface area contributed by atoms with Gasteiger partial charge in [0.1, 0.15) is 17.0 Å². The van der Waals surface area contributed by atoms with E-state index in [0.29, 0.717) is 28.8 Å². The van der Waals surface area contributed by atoms with E-state index in [1.165, 1.54) is 37.8 Å². The predicted molar refractivity (Wildman–Crippen MR) is 120 cm³/mol. The Hall–Kier alpha value is -2.56. The molecule has 2 aromatic rings. The highest BCUT2D eigenvalue weighted by Gasteiger charge is 2.19. The highest BCUT2D eigenvalue weighted by molar-refractivity contribution is 8.03. The molecule has 0 aliphatic heterocycles. The maximum atomic E-state index is 14.1. The third kappa shape index (κ3) is 5.97. The molecular formula is C26H25F2NS. The van der Waals surface area contributed by atoms with Gasteiger partial charge in [-0.25, -0.2) is 8.78 Å². The molecule has 0 atom stereocenters. The van der Waals surface area contributed by atoms with Crippen molar-refractivity contribution in [3.63, 3.8) is 0 Å². The molecule has 0 aromatic heterocycles. The second-order valence-corrected chi connectivity index (χ2v) is 8.47. The molecule has 1 aliphatic carbocycles. The van der Waals surface area contributed by atoms with E-state index < -0.39 is 11.6 Å². The zero-order valence-electron chi connectivity index (χ0n) is 17.1. The normalized spacial score (nSPS) is 18.6. The summed E-state index contributed by atoms with van der Waals surface area (Å²) in [5, 5.41) is 10.4. The minimum Gasteiger partial charge on any atom is -0.206 e. The van der Waals surface area contributed by atoms with Crippen molar-refractivity contribution >= 4 is 11.8 Å². The molecule has 0 saturated heterocycles. The van der Waals surface area contributed by atoms with Crippen LogP contribution in [0.15, 0.2) is 53.4 Å². The van der Waals surface area contributed by atoms with Gasteiger partial charge in [-0.1, -0.05) is 36.1 Å². The molecule has 0 unspecified atom stereocenters. The maximum Gasteiger partial charge on any atom is 0.141 e. The van der Waals surface area contributed by atoms with Crippen LogP contribution in [-0.2, 0) is 0 Å². The van der Waals surface area contributed by atoms with Crippen LogP contribution in [-0.4, -0.2) is 0 Å². The first-order valence-corrected chi connectivity index (χ1v) is 11.2. The van der Waals surface area contributed by atoms with Crippen LogP contribution in [0.2, 0.25) is 0 Å². The standard InChI is InChI=1S/C26H25F2NS/c1-2-3-4-5-19-6-8-20(9-7-19)10-11-21-12-14-22(15-13-21)23-16-24(27)26(30-18-29)25(28)17-23/h2-3,12-17,19-20H,4-9H2,1H3/b3-2+. The predicted octanol–water partition coefficient (Wildman–Crippen LogP) is 7.72. The van der Waals surface area contributed by atoms with Gasteiger partial charge >= 0.3 is 0 Å². The summed E-state index contributed by atoms with van der Waals surface area (Å²) < 4.78 is 28.1. The van der Waals surface area contributed by atoms with E-state index in [1.807, 2.05) is 24.3 Å². The van der Waals surface area contributed by atoms with Crippen molar-refractivity contribution in [2.24, 2.45) is 11.8 Å². The monoisotopic (exact) mass is 421 g/mol. The number of nitrogens with zero attached hydrogens (tertiary/aromatic N) is 1. The first-order chi connectivity index (χ1) is 14.6. The number of thioether (sulfide) groups is 1. The van der Waals surface area contributed by atoms with Gasteiger partial charge < -0.3 is 0 Å². The lowest BCUT2D eigenvalue weighted by Crippen LogP contribution is -2.13. The van der Waals surface area contributed by atoms with Gasteiger partial charge in [-0.3, -0.25) is 0 Å². The second-order valence-electron chi connectivity index (χ2n) is 7.67. The van der Waals surface area contributed by atoms with E-state index in [2.05, 4.69) is 30.9 Å². The molecule has 0 N–H and O–H groups in total. The third-order valence-electron chi connectivity index (χ3n) is 5.61. The van der Waals surface area contributed by atoms with Crippen molar-refractivity contribution in [2.45, 2.75) is 50.3 Å². The van der Waals surface area contributed by atoms with Crippen LogP contribution < -0.4 is 0 Å². The highest BCUT2D eigenvalue weighted by Crippen LogP contribution is 2.32. The smallest absolute Gasteiger partial charge is 0.141 e. The van der Waals surface area contributed by atoms with Crippen LogP contribution in [0.3, 0.4) is 0 Å². The summed E-state index contributed by atoms with van der Waals surface area (Å²) in [4.78, 5) is -0.264. The third-order valence-corrected chi connectivity index (χ3v) is 6.29. The lowest BCUT2D eigenvalue weighted by Gasteiger charge is -2.25. The van der Waals surface area contributed by atoms with E-state index in [0.717, 1.165) is 24.3 Å². The zero-order chi connectivity index (χ0) is 21.3. The van der Waals surface area contributed by atoms with Gasteiger partial charge in [0.25, 0.3) is 0 Å². The quantitative estimate of drug-likeness (QED) is 0.213. The first-order valence-electron chi connectivity index (χ1n) is 10.4. The SMILES string of the molecule is C/C=C/CCC1CCC(C#Cc2ccc(-c3cc(F)c(SC#N)c(F)c3)cc2)CC1. The van der Waals surface area contributed by atoms with Gasteiger partial charge in [0.15, 0.2) is 0 Å². The van der Waals surface area contributed by atoms with Crippen LogP contribution >= 0.6 is 11.8 Å². The fourth-order valence-electron chi connectivity index (χ4n) is 3.90. The van der Waals surface area contributed by atoms with Crippen molar-refractivity contribution in [3.8, 4) is 28.4 Å². The number of nitriles is 1. The Labute approximate surface area is 182 Å². The Balaban J connectivity index is 1.61. The average Bonchev–Trinajstić information content (AvgIpc) is 2.76. The van der Waals surface area contributed by atoms with Crippen LogP contribution in [0, 0.1) is 46.0 Å². The number of allylic oxidation sites excluding steroid dienone is 2. The molecule has 2 aromatic carbocycles. The van der Waals surface area contributed by atoms with Gasteiger partial charge in [0, 0.05) is 11.5 Å². The number of hydrogen-bond acceptors (Lipinski definition) is 2. The summed E-state index contributed by atoms with van der Waals surface area (Å²) in [5.41, 5.74) is 2.07. The molecule has 3 rings (SSSR count). The molecule has 0 bridgehead atoms. The van der Waals surface area contributed by atoms with Gasteiger partial charge in [-0.05, 0) is 98.5 Å². The topological polar surface area (TPSA) is 23.8 Å². The second kappa shape index (κ2) is 11.0. The lowest BCUT2D eigenvalue weighted by molar-refractivity contribution is 0.303. The summed E-state index contributed by atoms with van der Waals surface area (Å²) >= 11 is 0.494. The van der Waals surface area contributed by atoms with E-state index in [1.54, 1.807) is 5.40 Å². The molecule has 0 amide bonds. The van der Waals surface area contributed by atoms with Crippen molar-refractivity contribution < 1.29 is 8.78 Å². The molecule has 154 valence electrons. The molecule has 0 radical (unpaired) electrons. The van der Waals surface area contributed by atoms with Crippen LogP contribution in [0.4, 0.5) is 8.78 Å². The average molecular weight is 422 g/mol. The Kier molecular flexibility index (Phi) is 8.12. The van der Waals surface area contributed by atoms with Gasteiger partial charge in [-0.15, -0.1) is 0 Å². The molecule has 1 nitrogen and oxygen atoms in total. The van der Waals surface area contributed by atoms with Crippen molar-refractivity contribution in [2.75, 3.05) is 0 Å². The molecule has 4 heteroatoms. The largest absolute Gasteiger partial charge is 0.206 e. The van der Waals surface area contributed by atoms with Crippen LogP contribution in [0.1, 0.15) is 51.0 Å². The van der Waals surface area contributed by atoms with Crippen LogP contribution in [0.5, 0.6) is 0 Å². The number of rotatable bonds is 5. The minimum absolute atomic E-state index is 0.264. The Morgan fingerprint density at radius 1 is 1.03 bits per heavy atom. The lowest BCUT2D eigenvalue weighted by atomic mass is 9.80. The molecule has 1 saturated carbocycles. The number of halogens is 2. The van der Waals surface area contributed by atoms with E-state index >= 15 is 0 Å². The Morgan fingerprint density at radius 3 is 2.30 bits per heavy atom. The zero-order valence-corrected chi connectivity index (χ0v) is 17.9. The van der Waals surface area contributed by atoms with Crippen molar-refractivity contribution in [3.05, 3.63) is 65.7 Å². The molecule has 1 fully saturated rings. The summed E-state index contributed by atoms with van der Waals surface area (Å²) in [6.45, 7) is 2.07. The number of hydrogen-bond donors (Lipinski definition) is 0.